The molecular weight excluding hydrogens is 240 g/mol. The lowest BCUT2D eigenvalue weighted by molar-refractivity contribution is -0.122. The van der Waals surface area contributed by atoms with E-state index in [2.05, 4.69) is 22.1 Å². The van der Waals surface area contributed by atoms with Crippen LogP contribution >= 0.6 is 0 Å². The van der Waals surface area contributed by atoms with E-state index in [0.29, 0.717) is 6.54 Å². The van der Waals surface area contributed by atoms with Gasteiger partial charge in [0.05, 0.1) is 5.92 Å². The van der Waals surface area contributed by atoms with E-state index in [1.54, 1.807) is 0 Å². The Labute approximate surface area is 114 Å². The molecule has 0 saturated carbocycles. The van der Waals surface area contributed by atoms with Crippen molar-refractivity contribution in [3.05, 3.63) is 18.2 Å². The maximum Gasteiger partial charge on any atom is 0.222 e. The minimum atomic E-state index is -0.204. The van der Waals surface area contributed by atoms with Gasteiger partial charge in [-0.3, -0.25) is 4.79 Å². The number of carbonyl (C=O) groups is 1. The van der Waals surface area contributed by atoms with Crippen molar-refractivity contribution in [1.82, 2.24) is 4.98 Å². The largest absolute Gasteiger partial charge is 0.370 e. The van der Waals surface area contributed by atoms with Crippen LogP contribution in [0.1, 0.15) is 26.2 Å². The standard InChI is InChI=1S/C14H22N4O/c1-2-8-16-12-6-3-7-13(17-12)18-9-4-5-11(10-18)14(15)19/h3,6-7,11H,2,4-5,8-10H2,1H3,(H2,15,19)(H,16,17). The van der Waals surface area contributed by atoms with Crippen LogP contribution in [0, 0.1) is 5.92 Å². The fraction of sp³-hybridized carbons (Fsp3) is 0.571. The van der Waals surface area contributed by atoms with Gasteiger partial charge in [-0.15, -0.1) is 0 Å². The molecule has 1 atom stereocenters. The number of hydrogen-bond donors (Lipinski definition) is 2. The lowest BCUT2D eigenvalue weighted by Crippen LogP contribution is -2.41. The van der Waals surface area contributed by atoms with Crippen molar-refractivity contribution >= 4 is 17.5 Å². The predicted molar refractivity (Wildman–Crippen MR) is 77.1 cm³/mol. The van der Waals surface area contributed by atoms with E-state index < -0.39 is 0 Å². The van der Waals surface area contributed by atoms with Crippen LogP contribution < -0.4 is 16.0 Å². The fourth-order valence-electron chi connectivity index (χ4n) is 2.37. The maximum atomic E-state index is 11.3. The molecule has 1 aliphatic heterocycles. The molecular formula is C14H22N4O. The minimum Gasteiger partial charge on any atom is -0.370 e. The van der Waals surface area contributed by atoms with Crippen LogP contribution in [0.15, 0.2) is 18.2 Å². The third-order valence-corrected chi connectivity index (χ3v) is 3.44. The highest BCUT2D eigenvalue weighted by molar-refractivity contribution is 5.77. The van der Waals surface area contributed by atoms with Gasteiger partial charge in [-0.25, -0.2) is 4.98 Å². The molecule has 2 heterocycles. The summed E-state index contributed by atoms with van der Waals surface area (Å²) in [7, 11) is 0. The zero-order valence-corrected chi connectivity index (χ0v) is 11.4. The van der Waals surface area contributed by atoms with Crippen molar-refractivity contribution in [2.45, 2.75) is 26.2 Å². The Hall–Kier alpha value is -1.78. The molecule has 1 saturated heterocycles. The van der Waals surface area contributed by atoms with Crippen LogP contribution in [0.5, 0.6) is 0 Å². The summed E-state index contributed by atoms with van der Waals surface area (Å²) in [4.78, 5) is 18.0. The Morgan fingerprint density at radius 1 is 1.58 bits per heavy atom. The highest BCUT2D eigenvalue weighted by Crippen LogP contribution is 2.22. The summed E-state index contributed by atoms with van der Waals surface area (Å²) in [6.45, 7) is 4.66. The van der Waals surface area contributed by atoms with Crippen LogP contribution in [0.25, 0.3) is 0 Å². The molecule has 0 radical (unpaired) electrons. The van der Waals surface area contributed by atoms with Gasteiger partial charge in [-0.1, -0.05) is 13.0 Å². The number of hydrogen-bond acceptors (Lipinski definition) is 4. The molecule has 1 aliphatic rings. The average molecular weight is 262 g/mol. The van der Waals surface area contributed by atoms with Gasteiger partial charge >= 0.3 is 0 Å². The Morgan fingerprint density at radius 2 is 2.42 bits per heavy atom. The van der Waals surface area contributed by atoms with Crippen LogP contribution in [-0.4, -0.2) is 30.5 Å². The van der Waals surface area contributed by atoms with Crippen molar-refractivity contribution in [3.8, 4) is 0 Å². The zero-order valence-electron chi connectivity index (χ0n) is 11.4. The number of rotatable bonds is 5. The van der Waals surface area contributed by atoms with Crippen molar-refractivity contribution in [1.29, 1.82) is 0 Å². The number of carbonyl (C=O) groups excluding carboxylic acids is 1. The Bertz CT molecular complexity index is 435. The van der Waals surface area contributed by atoms with Crippen molar-refractivity contribution in [2.24, 2.45) is 11.7 Å². The third-order valence-electron chi connectivity index (χ3n) is 3.44. The molecule has 19 heavy (non-hydrogen) atoms. The molecule has 1 fully saturated rings. The summed E-state index contributed by atoms with van der Waals surface area (Å²) in [5.74, 6) is 1.56. The first-order valence-electron chi connectivity index (χ1n) is 6.96. The Kier molecular flexibility index (Phi) is 4.60. The lowest BCUT2D eigenvalue weighted by atomic mass is 9.97. The fourth-order valence-corrected chi connectivity index (χ4v) is 2.37. The number of piperidine rings is 1. The number of primary amides is 1. The first-order chi connectivity index (χ1) is 9.20. The highest BCUT2D eigenvalue weighted by atomic mass is 16.1. The third kappa shape index (κ3) is 3.59. The number of nitrogens with two attached hydrogens (primary N) is 1. The lowest BCUT2D eigenvalue weighted by Gasteiger charge is -2.32. The summed E-state index contributed by atoms with van der Waals surface area (Å²) in [6, 6.07) is 5.95. The molecule has 0 aliphatic carbocycles. The van der Waals surface area contributed by atoms with Gasteiger partial charge in [0.15, 0.2) is 0 Å². The minimum absolute atomic E-state index is 0.0530. The molecule has 1 aromatic heterocycles. The predicted octanol–water partition coefficient (Wildman–Crippen LogP) is 1.61. The molecule has 0 spiro atoms. The summed E-state index contributed by atoms with van der Waals surface area (Å²) in [5.41, 5.74) is 5.40. The van der Waals surface area contributed by atoms with E-state index in [1.807, 2.05) is 18.2 Å². The first kappa shape index (κ1) is 13.6. The molecule has 5 heteroatoms. The van der Waals surface area contributed by atoms with Crippen LogP contribution in [0.2, 0.25) is 0 Å². The number of amides is 1. The first-order valence-corrected chi connectivity index (χ1v) is 6.96. The molecule has 1 unspecified atom stereocenters. The normalized spacial score (nSPS) is 19.2. The maximum absolute atomic E-state index is 11.3. The topological polar surface area (TPSA) is 71.2 Å². The summed E-state index contributed by atoms with van der Waals surface area (Å²) in [6.07, 6.45) is 2.95. The van der Waals surface area contributed by atoms with Gasteiger partial charge in [0.2, 0.25) is 5.91 Å². The van der Waals surface area contributed by atoms with Gasteiger partial charge < -0.3 is 16.0 Å². The molecule has 0 aromatic carbocycles. The quantitative estimate of drug-likeness (QED) is 0.845. The van der Waals surface area contributed by atoms with Gasteiger partial charge in [-0.05, 0) is 31.4 Å². The number of anilines is 2. The van der Waals surface area contributed by atoms with Gasteiger partial charge in [0, 0.05) is 19.6 Å². The van der Waals surface area contributed by atoms with E-state index in [0.717, 1.165) is 44.0 Å². The summed E-state index contributed by atoms with van der Waals surface area (Å²) >= 11 is 0. The van der Waals surface area contributed by atoms with E-state index in [1.165, 1.54) is 0 Å². The second kappa shape index (κ2) is 6.41. The number of aromatic nitrogens is 1. The summed E-state index contributed by atoms with van der Waals surface area (Å²) in [5, 5.41) is 3.28. The van der Waals surface area contributed by atoms with E-state index >= 15 is 0 Å². The molecule has 3 N–H and O–H groups in total. The number of nitrogens with one attached hydrogen (secondary N) is 1. The van der Waals surface area contributed by atoms with Crippen LogP contribution in [0.3, 0.4) is 0 Å². The monoisotopic (exact) mass is 262 g/mol. The smallest absolute Gasteiger partial charge is 0.222 e. The second-order valence-electron chi connectivity index (χ2n) is 5.00. The van der Waals surface area contributed by atoms with Crippen LogP contribution in [0.4, 0.5) is 11.6 Å². The van der Waals surface area contributed by atoms with Gasteiger partial charge in [-0.2, -0.15) is 0 Å². The molecule has 2 rings (SSSR count). The molecule has 1 aromatic rings. The van der Waals surface area contributed by atoms with Crippen LogP contribution in [-0.2, 0) is 4.79 Å². The average Bonchev–Trinajstić information content (AvgIpc) is 2.45. The Morgan fingerprint density at radius 3 is 3.16 bits per heavy atom. The van der Waals surface area contributed by atoms with Gasteiger partial charge in [0.25, 0.3) is 0 Å². The second-order valence-corrected chi connectivity index (χ2v) is 5.00. The van der Waals surface area contributed by atoms with Crippen molar-refractivity contribution in [2.75, 3.05) is 29.9 Å². The number of pyridine rings is 1. The summed E-state index contributed by atoms with van der Waals surface area (Å²) < 4.78 is 0. The highest BCUT2D eigenvalue weighted by Gasteiger charge is 2.24. The van der Waals surface area contributed by atoms with Crippen molar-refractivity contribution in [3.63, 3.8) is 0 Å². The molecule has 104 valence electrons. The van der Waals surface area contributed by atoms with Gasteiger partial charge in [0.1, 0.15) is 11.6 Å². The molecule has 0 bridgehead atoms. The number of nitrogens with zero attached hydrogens (tertiary/aromatic N) is 2. The van der Waals surface area contributed by atoms with E-state index in [4.69, 9.17) is 5.73 Å². The Balaban J connectivity index is 2.06. The van der Waals surface area contributed by atoms with Crippen molar-refractivity contribution < 1.29 is 4.79 Å². The SMILES string of the molecule is CCCNc1cccc(N2CCCC(C(N)=O)C2)n1. The van der Waals surface area contributed by atoms with E-state index in [9.17, 15) is 4.79 Å². The van der Waals surface area contributed by atoms with E-state index in [-0.39, 0.29) is 11.8 Å². The zero-order chi connectivity index (χ0) is 13.7. The molecule has 1 amide bonds. The molecule has 5 nitrogen and oxygen atoms in total.